The van der Waals surface area contributed by atoms with Crippen LogP contribution >= 0.6 is 22.9 Å². The van der Waals surface area contributed by atoms with Gasteiger partial charge in [0.15, 0.2) is 11.5 Å². The van der Waals surface area contributed by atoms with E-state index in [0.717, 1.165) is 16.3 Å². The van der Waals surface area contributed by atoms with Crippen LogP contribution in [0.25, 0.3) is 10.6 Å². The predicted octanol–water partition coefficient (Wildman–Crippen LogP) is 4.55. The van der Waals surface area contributed by atoms with Crippen LogP contribution in [-0.4, -0.2) is 24.6 Å². The molecular formula is C20H19ClN2O4S. The Kier molecular flexibility index (Phi) is 6.38. The fourth-order valence-electron chi connectivity index (χ4n) is 2.55. The minimum atomic E-state index is -0.599. The number of carbonyl (C=O) groups is 1. The van der Waals surface area contributed by atoms with Crippen molar-refractivity contribution in [2.45, 2.75) is 13.5 Å². The molecule has 3 rings (SSSR count). The van der Waals surface area contributed by atoms with Gasteiger partial charge in [0.25, 0.3) is 5.91 Å². The molecule has 0 bridgehead atoms. The predicted molar refractivity (Wildman–Crippen MR) is 110 cm³/mol. The molecular weight excluding hydrogens is 400 g/mol. The molecule has 1 amide bonds. The van der Waals surface area contributed by atoms with Crippen LogP contribution in [0.5, 0.6) is 17.2 Å². The summed E-state index contributed by atoms with van der Waals surface area (Å²) in [6, 6.07) is 10.4. The molecule has 0 aliphatic rings. The highest BCUT2D eigenvalue weighted by Crippen LogP contribution is 2.34. The summed E-state index contributed by atoms with van der Waals surface area (Å²) in [6.45, 7) is 2.68. The van der Waals surface area contributed by atoms with Crippen molar-refractivity contribution < 1.29 is 19.0 Å². The largest absolute Gasteiger partial charge is 0.493 e. The number of primary amides is 1. The van der Waals surface area contributed by atoms with Crippen LogP contribution in [0, 0.1) is 0 Å². The van der Waals surface area contributed by atoms with Crippen molar-refractivity contribution >= 4 is 28.8 Å². The van der Waals surface area contributed by atoms with Gasteiger partial charge in [-0.05, 0) is 43.3 Å². The number of thiazole rings is 1. The lowest BCUT2D eigenvalue weighted by molar-refractivity contribution is 0.0996. The second kappa shape index (κ2) is 8.95. The second-order valence-corrected chi connectivity index (χ2v) is 7.03. The van der Waals surface area contributed by atoms with Crippen molar-refractivity contribution in [3.63, 3.8) is 0 Å². The van der Waals surface area contributed by atoms with Gasteiger partial charge in [0, 0.05) is 16.0 Å². The second-order valence-electron chi connectivity index (χ2n) is 5.74. The number of rotatable bonds is 8. The number of amides is 1. The van der Waals surface area contributed by atoms with E-state index in [1.54, 1.807) is 19.2 Å². The van der Waals surface area contributed by atoms with Crippen molar-refractivity contribution in [2.24, 2.45) is 5.73 Å². The molecule has 6 nitrogen and oxygen atoms in total. The lowest BCUT2D eigenvalue weighted by Gasteiger charge is -2.10. The summed E-state index contributed by atoms with van der Waals surface area (Å²) in [7, 11) is 1.60. The molecule has 0 spiro atoms. The maximum Gasteiger partial charge on any atom is 0.252 e. The molecule has 0 atom stereocenters. The highest BCUT2D eigenvalue weighted by molar-refractivity contribution is 7.13. The first-order chi connectivity index (χ1) is 13.5. The molecule has 0 saturated heterocycles. The van der Waals surface area contributed by atoms with E-state index in [-0.39, 0.29) is 12.2 Å². The number of carbonyl (C=O) groups excluding carboxylic acids is 1. The Bertz CT molecular complexity index is 990. The van der Waals surface area contributed by atoms with E-state index in [4.69, 9.17) is 31.5 Å². The van der Waals surface area contributed by atoms with Crippen molar-refractivity contribution in [1.82, 2.24) is 4.98 Å². The minimum absolute atomic E-state index is 0.201. The molecule has 0 radical (unpaired) electrons. The summed E-state index contributed by atoms with van der Waals surface area (Å²) < 4.78 is 16.7. The number of hydrogen-bond acceptors (Lipinski definition) is 6. The molecule has 2 aromatic carbocycles. The van der Waals surface area contributed by atoms with Gasteiger partial charge in [0.05, 0.1) is 25.0 Å². The SMILES string of the molecule is CCOc1ccc(-c2nc(COc3ccc(Cl)cc3C(N)=O)cs2)cc1OC. The summed E-state index contributed by atoms with van der Waals surface area (Å²) in [5.74, 6) is 1.11. The summed E-state index contributed by atoms with van der Waals surface area (Å²) in [6.07, 6.45) is 0. The number of nitrogens with zero attached hydrogens (tertiary/aromatic N) is 1. The number of hydrogen-bond donors (Lipinski definition) is 1. The molecule has 1 aromatic heterocycles. The number of nitrogens with two attached hydrogens (primary N) is 1. The van der Waals surface area contributed by atoms with E-state index in [2.05, 4.69) is 4.98 Å². The van der Waals surface area contributed by atoms with Gasteiger partial charge in [-0.1, -0.05) is 11.6 Å². The zero-order chi connectivity index (χ0) is 20.1. The fourth-order valence-corrected chi connectivity index (χ4v) is 3.53. The molecule has 146 valence electrons. The number of ether oxygens (including phenoxy) is 3. The molecule has 28 heavy (non-hydrogen) atoms. The number of halogens is 1. The van der Waals surface area contributed by atoms with Crippen molar-refractivity contribution in [3.8, 4) is 27.8 Å². The van der Waals surface area contributed by atoms with Gasteiger partial charge in [-0.25, -0.2) is 4.98 Å². The summed E-state index contributed by atoms with van der Waals surface area (Å²) in [4.78, 5) is 16.2. The zero-order valence-corrected chi connectivity index (χ0v) is 17.0. The number of benzene rings is 2. The maximum absolute atomic E-state index is 11.6. The molecule has 0 unspecified atom stereocenters. The van der Waals surface area contributed by atoms with Gasteiger partial charge in [-0.3, -0.25) is 4.79 Å². The third-order valence-electron chi connectivity index (χ3n) is 3.84. The third-order valence-corrected chi connectivity index (χ3v) is 5.02. The van der Waals surface area contributed by atoms with Crippen molar-refractivity contribution in [1.29, 1.82) is 0 Å². The third kappa shape index (κ3) is 4.55. The van der Waals surface area contributed by atoms with Crippen LogP contribution in [-0.2, 0) is 6.61 Å². The quantitative estimate of drug-likeness (QED) is 0.580. The van der Waals surface area contributed by atoms with E-state index in [1.807, 2.05) is 30.5 Å². The number of methoxy groups -OCH3 is 1. The van der Waals surface area contributed by atoms with Crippen LogP contribution in [0.2, 0.25) is 5.02 Å². The lowest BCUT2D eigenvalue weighted by Crippen LogP contribution is -2.13. The van der Waals surface area contributed by atoms with Crippen LogP contribution in [0.15, 0.2) is 41.8 Å². The van der Waals surface area contributed by atoms with E-state index < -0.39 is 5.91 Å². The summed E-state index contributed by atoms with van der Waals surface area (Å²) in [5, 5.41) is 3.14. The Morgan fingerprint density at radius 2 is 1.93 bits per heavy atom. The summed E-state index contributed by atoms with van der Waals surface area (Å²) in [5.41, 5.74) is 7.27. The fraction of sp³-hybridized carbons (Fsp3) is 0.200. The normalized spacial score (nSPS) is 10.5. The molecule has 0 aliphatic carbocycles. The first-order valence-corrected chi connectivity index (χ1v) is 9.75. The molecule has 2 N–H and O–H groups in total. The van der Waals surface area contributed by atoms with E-state index in [1.165, 1.54) is 17.4 Å². The van der Waals surface area contributed by atoms with Crippen molar-refractivity contribution in [3.05, 3.63) is 58.1 Å². The van der Waals surface area contributed by atoms with Gasteiger partial charge < -0.3 is 19.9 Å². The van der Waals surface area contributed by atoms with Crippen LogP contribution < -0.4 is 19.9 Å². The molecule has 0 saturated carbocycles. The Morgan fingerprint density at radius 1 is 1.14 bits per heavy atom. The van der Waals surface area contributed by atoms with Gasteiger partial charge in [0.2, 0.25) is 0 Å². The van der Waals surface area contributed by atoms with Gasteiger partial charge in [-0.15, -0.1) is 11.3 Å². The Hall–Kier alpha value is -2.77. The standard InChI is InChI=1S/C20H19ClN2O4S/c1-3-26-17-6-4-12(8-18(17)25-2)20-23-14(11-28-20)10-27-16-7-5-13(21)9-15(16)19(22)24/h4-9,11H,3,10H2,1-2H3,(H2,22,24). The van der Waals surface area contributed by atoms with Gasteiger partial charge in [-0.2, -0.15) is 0 Å². The van der Waals surface area contributed by atoms with Crippen LogP contribution in [0.1, 0.15) is 23.0 Å². The Balaban J connectivity index is 1.76. The highest BCUT2D eigenvalue weighted by atomic mass is 35.5. The number of aromatic nitrogens is 1. The van der Waals surface area contributed by atoms with Gasteiger partial charge >= 0.3 is 0 Å². The first kappa shape index (κ1) is 20.0. The monoisotopic (exact) mass is 418 g/mol. The minimum Gasteiger partial charge on any atom is -0.493 e. The topological polar surface area (TPSA) is 83.7 Å². The maximum atomic E-state index is 11.6. The Morgan fingerprint density at radius 3 is 2.64 bits per heavy atom. The van der Waals surface area contributed by atoms with E-state index >= 15 is 0 Å². The highest BCUT2D eigenvalue weighted by Gasteiger charge is 2.13. The smallest absolute Gasteiger partial charge is 0.252 e. The lowest BCUT2D eigenvalue weighted by atomic mass is 10.2. The molecule has 0 aliphatic heterocycles. The average molecular weight is 419 g/mol. The molecule has 0 fully saturated rings. The van der Waals surface area contributed by atoms with E-state index in [9.17, 15) is 4.79 Å². The summed E-state index contributed by atoms with van der Waals surface area (Å²) >= 11 is 7.40. The van der Waals surface area contributed by atoms with Crippen LogP contribution in [0.4, 0.5) is 0 Å². The Labute approximate surface area is 171 Å². The molecule has 1 heterocycles. The zero-order valence-electron chi connectivity index (χ0n) is 15.4. The van der Waals surface area contributed by atoms with E-state index in [0.29, 0.717) is 28.9 Å². The van der Waals surface area contributed by atoms with Crippen molar-refractivity contribution in [2.75, 3.05) is 13.7 Å². The van der Waals surface area contributed by atoms with Crippen LogP contribution in [0.3, 0.4) is 0 Å². The molecule has 3 aromatic rings. The first-order valence-electron chi connectivity index (χ1n) is 8.49. The average Bonchev–Trinajstić information content (AvgIpc) is 3.16. The van der Waals surface area contributed by atoms with Gasteiger partial charge in [0.1, 0.15) is 17.4 Å². The molecule has 8 heteroatoms.